The van der Waals surface area contributed by atoms with E-state index in [2.05, 4.69) is 0 Å². The van der Waals surface area contributed by atoms with E-state index in [1.807, 2.05) is 49.4 Å². The number of ether oxygens (including phenoxy) is 3. The van der Waals surface area contributed by atoms with Crippen LogP contribution in [0.2, 0.25) is 0 Å². The van der Waals surface area contributed by atoms with Crippen molar-refractivity contribution in [2.75, 3.05) is 38.8 Å². The van der Waals surface area contributed by atoms with E-state index < -0.39 is 51.9 Å². The number of hydrogen-bond donors (Lipinski definition) is 0. The van der Waals surface area contributed by atoms with Crippen LogP contribution < -0.4 is 9.64 Å². The van der Waals surface area contributed by atoms with Gasteiger partial charge in [0.05, 0.1) is 25.9 Å². The number of anilines is 1. The summed E-state index contributed by atoms with van der Waals surface area (Å²) in [6.07, 6.45) is 0.710. The lowest BCUT2D eigenvalue weighted by Gasteiger charge is -2.38. The number of amides is 3. The molecule has 0 aromatic heterocycles. The number of halogens is 3. The number of methoxy groups -OCH3 is 2. The van der Waals surface area contributed by atoms with E-state index >= 15 is 0 Å². The molecule has 0 N–H and O–H groups in total. The molecule has 13 heteroatoms. The molecule has 0 aliphatic carbocycles. The van der Waals surface area contributed by atoms with Gasteiger partial charge in [-0.1, -0.05) is 78.1 Å². The summed E-state index contributed by atoms with van der Waals surface area (Å²) in [5.74, 6) is -0.787. The highest BCUT2D eigenvalue weighted by Crippen LogP contribution is 2.59. The van der Waals surface area contributed by atoms with Gasteiger partial charge < -0.3 is 24.0 Å². The maximum Gasteiger partial charge on any atom is 0.410 e. The van der Waals surface area contributed by atoms with E-state index in [0.29, 0.717) is 48.4 Å². The SMILES string of the molecule is CCCN1C(=O)[C@]2(C[C@H](C(=O)OC)N(C(=O)[C@@H]3CCCN3C(=O)OCC(Cl)(Cl)Cl)[C@@H]2c2ccccc2)c2ccc(OC)cc21. The fourth-order valence-electron chi connectivity index (χ4n) is 6.88. The first kappa shape index (κ1) is 32.2. The van der Waals surface area contributed by atoms with Crippen molar-refractivity contribution in [3.8, 4) is 5.75 Å². The standard InChI is InChI=1S/C31H34Cl3N3O7/c1-4-14-35-23-16-20(42-2)12-13-21(23)30(28(35)40)17-24(27(39)43-3)37(25(30)19-9-6-5-7-10-19)26(38)22-11-8-15-36(22)29(41)44-18-31(32,33)34/h5-7,9-10,12-13,16,22,24-25H,4,8,11,14-15,17-18H2,1-3H3/t22-,24+,25+,30+/m0/s1. The highest BCUT2D eigenvalue weighted by Gasteiger charge is 2.66. The predicted octanol–water partition coefficient (Wildman–Crippen LogP) is 5.18. The van der Waals surface area contributed by atoms with E-state index in [1.54, 1.807) is 18.1 Å². The molecule has 0 unspecified atom stereocenters. The normalized spacial score (nSPS) is 24.5. The second kappa shape index (κ2) is 12.7. The number of rotatable bonds is 7. The second-order valence-electron chi connectivity index (χ2n) is 11.1. The number of benzene rings is 2. The first-order chi connectivity index (χ1) is 21.0. The minimum atomic E-state index is -1.83. The van der Waals surface area contributed by atoms with Crippen LogP contribution in [0.5, 0.6) is 5.75 Å². The zero-order chi connectivity index (χ0) is 31.8. The number of hydrogen-bond acceptors (Lipinski definition) is 7. The van der Waals surface area contributed by atoms with Crippen molar-refractivity contribution in [2.45, 2.75) is 59.9 Å². The van der Waals surface area contributed by atoms with Crippen molar-refractivity contribution in [2.24, 2.45) is 0 Å². The number of alkyl halides is 3. The smallest absolute Gasteiger partial charge is 0.410 e. The highest BCUT2D eigenvalue weighted by molar-refractivity contribution is 6.67. The van der Waals surface area contributed by atoms with Crippen LogP contribution in [0.25, 0.3) is 0 Å². The van der Waals surface area contributed by atoms with Crippen molar-refractivity contribution in [3.63, 3.8) is 0 Å². The monoisotopic (exact) mass is 665 g/mol. The van der Waals surface area contributed by atoms with E-state index in [4.69, 9.17) is 49.0 Å². The Hall–Kier alpha value is -3.21. The van der Waals surface area contributed by atoms with Gasteiger partial charge >= 0.3 is 12.1 Å². The average molecular weight is 667 g/mol. The summed E-state index contributed by atoms with van der Waals surface area (Å²) < 4.78 is 14.1. The first-order valence-corrected chi connectivity index (χ1v) is 15.6. The molecule has 1 spiro atoms. The summed E-state index contributed by atoms with van der Waals surface area (Å²) >= 11 is 17.4. The Morgan fingerprint density at radius 3 is 2.41 bits per heavy atom. The Morgan fingerprint density at radius 2 is 1.77 bits per heavy atom. The minimum absolute atomic E-state index is 0.00617. The Kier molecular flexibility index (Phi) is 9.26. The molecule has 2 aromatic rings. The number of fused-ring (bicyclic) bond motifs is 2. The Morgan fingerprint density at radius 1 is 1.05 bits per heavy atom. The van der Waals surface area contributed by atoms with Crippen LogP contribution in [0, 0.1) is 0 Å². The van der Waals surface area contributed by atoms with Gasteiger partial charge in [-0.25, -0.2) is 9.59 Å². The molecule has 2 fully saturated rings. The zero-order valence-corrected chi connectivity index (χ0v) is 26.9. The Bertz CT molecular complexity index is 1440. The van der Waals surface area contributed by atoms with Gasteiger partial charge in [-0.05, 0) is 42.9 Å². The van der Waals surface area contributed by atoms with Crippen LogP contribution in [-0.2, 0) is 29.3 Å². The van der Waals surface area contributed by atoms with Gasteiger partial charge in [-0.3, -0.25) is 14.5 Å². The lowest BCUT2D eigenvalue weighted by Crippen LogP contribution is -2.53. The van der Waals surface area contributed by atoms with E-state index in [1.165, 1.54) is 16.9 Å². The van der Waals surface area contributed by atoms with E-state index in [-0.39, 0.29) is 18.9 Å². The van der Waals surface area contributed by atoms with Crippen LogP contribution in [0.3, 0.4) is 0 Å². The molecule has 5 rings (SSSR count). The number of carbonyl (C=O) groups excluding carboxylic acids is 4. The molecule has 0 bridgehead atoms. The predicted molar refractivity (Wildman–Crippen MR) is 165 cm³/mol. The Labute approximate surface area is 271 Å². The molecule has 0 radical (unpaired) electrons. The molecule has 44 heavy (non-hydrogen) atoms. The maximum atomic E-state index is 14.7. The molecule has 3 aliphatic heterocycles. The molecule has 4 atom stereocenters. The molecule has 10 nitrogen and oxygen atoms in total. The first-order valence-electron chi connectivity index (χ1n) is 14.4. The fourth-order valence-corrected chi connectivity index (χ4v) is 7.04. The fraction of sp³-hybridized carbons (Fsp3) is 0.484. The van der Waals surface area contributed by atoms with Gasteiger partial charge in [-0.2, -0.15) is 0 Å². The molecular formula is C31H34Cl3N3O7. The molecule has 236 valence electrons. The quantitative estimate of drug-likeness (QED) is 0.296. The largest absolute Gasteiger partial charge is 0.497 e. The number of likely N-dealkylation sites (tertiary alicyclic amines) is 2. The van der Waals surface area contributed by atoms with Crippen LogP contribution in [0.4, 0.5) is 10.5 Å². The van der Waals surface area contributed by atoms with Gasteiger partial charge in [0.1, 0.15) is 29.9 Å². The molecule has 2 saturated heterocycles. The van der Waals surface area contributed by atoms with Gasteiger partial charge in [0, 0.05) is 19.2 Å². The average Bonchev–Trinajstić information content (AvgIpc) is 3.71. The summed E-state index contributed by atoms with van der Waals surface area (Å²) in [4.78, 5) is 60.5. The number of nitrogens with zero attached hydrogens (tertiary/aromatic N) is 3. The van der Waals surface area contributed by atoms with Crippen molar-refractivity contribution >= 4 is 64.4 Å². The molecule has 2 aromatic carbocycles. The van der Waals surface area contributed by atoms with Gasteiger partial charge in [0.25, 0.3) is 0 Å². The van der Waals surface area contributed by atoms with E-state index in [0.717, 1.165) is 0 Å². The van der Waals surface area contributed by atoms with Gasteiger partial charge in [0.15, 0.2) is 0 Å². The van der Waals surface area contributed by atoms with Crippen molar-refractivity contribution in [3.05, 3.63) is 59.7 Å². The molecule has 3 heterocycles. The molecule has 0 saturated carbocycles. The van der Waals surface area contributed by atoms with Crippen LogP contribution in [0.15, 0.2) is 48.5 Å². The van der Waals surface area contributed by atoms with Crippen molar-refractivity contribution in [1.82, 2.24) is 9.80 Å². The third kappa shape index (κ3) is 5.56. The van der Waals surface area contributed by atoms with Crippen LogP contribution in [0.1, 0.15) is 49.8 Å². The molecule has 3 amide bonds. The summed E-state index contributed by atoms with van der Waals surface area (Å²) in [6.45, 7) is 2.15. The van der Waals surface area contributed by atoms with Crippen LogP contribution >= 0.6 is 34.8 Å². The summed E-state index contributed by atoms with van der Waals surface area (Å²) in [6, 6.07) is 11.6. The van der Waals surface area contributed by atoms with Gasteiger partial charge in [0.2, 0.25) is 15.6 Å². The van der Waals surface area contributed by atoms with Crippen molar-refractivity contribution in [1.29, 1.82) is 0 Å². The summed E-state index contributed by atoms with van der Waals surface area (Å²) in [7, 11) is 2.81. The summed E-state index contributed by atoms with van der Waals surface area (Å²) in [5.41, 5.74) is 0.725. The van der Waals surface area contributed by atoms with Crippen molar-refractivity contribution < 1.29 is 33.4 Å². The lowest BCUT2D eigenvalue weighted by molar-refractivity contribution is -0.154. The summed E-state index contributed by atoms with van der Waals surface area (Å²) in [5, 5.41) is 0. The second-order valence-corrected chi connectivity index (χ2v) is 13.7. The topological polar surface area (TPSA) is 106 Å². The molecular weight excluding hydrogens is 633 g/mol. The van der Waals surface area contributed by atoms with Gasteiger partial charge in [-0.15, -0.1) is 0 Å². The van der Waals surface area contributed by atoms with Crippen LogP contribution in [-0.4, -0.2) is 83.5 Å². The maximum absolute atomic E-state index is 14.7. The highest BCUT2D eigenvalue weighted by atomic mass is 35.6. The number of carbonyl (C=O) groups is 4. The third-order valence-corrected chi connectivity index (χ3v) is 8.95. The van der Waals surface area contributed by atoms with E-state index in [9.17, 15) is 19.2 Å². The lowest BCUT2D eigenvalue weighted by atomic mass is 9.72. The number of esters is 1. The third-order valence-electron chi connectivity index (χ3n) is 8.62. The zero-order valence-electron chi connectivity index (χ0n) is 24.6. The molecule has 3 aliphatic rings. The Balaban J connectivity index is 1.65. The minimum Gasteiger partial charge on any atom is -0.497 e.